The molecule has 0 atom stereocenters. The minimum atomic E-state index is 0.485. The second-order valence-electron chi connectivity index (χ2n) is 3.16. The Hall–Kier alpha value is -1.38. The number of fused-ring (bicyclic) bond motifs is 1. The van der Waals surface area contributed by atoms with Gasteiger partial charge in [0, 0.05) is 30.0 Å². The molecule has 0 unspecified atom stereocenters. The summed E-state index contributed by atoms with van der Waals surface area (Å²) in [6.45, 7) is 4.29. The van der Waals surface area contributed by atoms with Gasteiger partial charge in [0.2, 0.25) is 0 Å². The zero-order valence-electron chi connectivity index (χ0n) is 7.23. The van der Waals surface area contributed by atoms with E-state index in [1.165, 1.54) is 0 Å². The lowest BCUT2D eigenvalue weighted by Crippen LogP contribution is -1.95. The Kier molecular flexibility index (Phi) is 1.57. The number of nitrogens with zero attached hydrogens (tertiary/aromatic N) is 3. The molecule has 0 aliphatic heterocycles. The van der Waals surface area contributed by atoms with Gasteiger partial charge in [0.1, 0.15) is 6.33 Å². The second kappa shape index (κ2) is 2.59. The third-order valence-corrected chi connectivity index (χ3v) is 1.93. The number of rotatable bonds is 1. The highest BCUT2D eigenvalue weighted by Gasteiger charge is 2.00. The van der Waals surface area contributed by atoms with E-state index in [0.717, 1.165) is 10.9 Å². The molecule has 0 aliphatic rings. The summed E-state index contributed by atoms with van der Waals surface area (Å²) in [5.41, 5.74) is 1.01. The maximum absolute atomic E-state index is 4.15. The fourth-order valence-corrected chi connectivity index (χ4v) is 1.19. The van der Waals surface area contributed by atoms with Gasteiger partial charge < -0.3 is 4.57 Å². The number of aromatic nitrogens is 3. The summed E-state index contributed by atoms with van der Waals surface area (Å²) in [6.07, 6.45) is 7.52. The molecule has 0 aromatic carbocycles. The van der Waals surface area contributed by atoms with Crippen molar-refractivity contribution in [3.63, 3.8) is 0 Å². The Balaban J connectivity index is 2.62. The van der Waals surface area contributed by atoms with E-state index in [-0.39, 0.29) is 0 Å². The highest BCUT2D eigenvalue weighted by molar-refractivity contribution is 5.76. The van der Waals surface area contributed by atoms with Crippen molar-refractivity contribution >= 4 is 10.9 Å². The van der Waals surface area contributed by atoms with Crippen LogP contribution in [0.25, 0.3) is 10.9 Å². The van der Waals surface area contributed by atoms with Crippen molar-refractivity contribution in [2.45, 2.75) is 19.9 Å². The van der Waals surface area contributed by atoms with Crippen LogP contribution in [0.15, 0.2) is 24.9 Å². The van der Waals surface area contributed by atoms with Crippen LogP contribution in [0.1, 0.15) is 19.9 Å². The maximum Gasteiger partial charge on any atom is 0.116 e. The topological polar surface area (TPSA) is 30.7 Å². The average Bonchev–Trinajstić information content (AvgIpc) is 2.46. The lowest BCUT2D eigenvalue weighted by atomic mass is 10.4. The molecule has 62 valence electrons. The Morgan fingerprint density at radius 1 is 1.33 bits per heavy atom. The van der Waals surface area contributed by atoms with Crippen LogP contribution in [-0.2, 0) is 0 Å². The molecule has 2 aromatic rings. The van der Waals surface area contributed by atoms with Gasteiger partial charge in [0.25, 0.3) is 0 Å². The van der Waals surface area contributed by atoms with Crippen molar-refractivity contribution in [2.24, 2.45) is 0 Å². The molecule has 2 rings (SSSR count). The number of hydrogen-bond acceptors (Lipinski definition) is 2. The predicted octanol–water partition coefficient (Wildman–Crippen LogP) is 2.01. The third kappa shape index (κ3) is 1.07. The Labute approximate surface area is 71.1 Å². The van der Waals surface area contributed by atoms with Crippen LogP contribution < -0.4 is 0 Å². The molecule has 0 radical (unpaired) electrons. The van der Waals surface area contributed by atoms with Gasteiger partial charge in [-0.2, -0.15) is 0 Å². The van der Waals surface area contributed by atoms with Crippen LogP contribution in [0.4, 0.5) is 0 Å². The zero-order valence-corrected chi connectivity index (χ0v) is 7.23. The van der Waals surface area contributed by atoms with Crippen LogP contribution in [0.2, 0.25) is 0 Å². The lowest BCUT2D eigenvalue weighted by Gasteiger charge is -2.03. The summed E-state index contributed by atoms with van der Waals surface area (Å²) in [4.78, 5) is 8.11. The molecular weight excluding hydrogens is 150 g/mol. The standard InChI is InChI=1S/C9H11N3/c1-7(2)12-4-8-3-10-6-11-9(8)5-12/h3-7H,1-2H3. The maximum atomic E-state index is 4.15. The smallest absolute Gasteiger partial charge is 0.116 e. The highest BCUT2D eigenvalue weighted by Crippen LogP contribution is 2.14. The molecule has 0 amide bonds. The second-order valence-corrected chi connectivity index (χ2v) is 3.16. The Morgan fingerprint density at radius 2 is 2.17 bits per heavy atom. The molecule has 0 aliphatic carbocycles. The molecule has 2 heterocycles. The first-order chi connectivity index (χ1) is 5.77. The quantitative estimate of drug-likeness (QED) is 0.640. The fourth-order valence-electron chi connectivity index (χ4n) is 1.19. The number of hydrogen-bond donors (Lipinski definition) is 0. The summed E-state index contributed by atoms with van der Waals surface area (Å²) >= 11 is 0. The molecule has 0 spiro atoms. The summed E-state index contributed by atoms with van der Waals surface area (Å²) in [6, 6.07) is 0.485. The summed E-state index contributed by atoms with van der Waals surface area (Å²) in [7, 11) is 0. The van der Waals surface area contributed by atoms with Gasteiger partial charge in [-0.3, -0.25) is 0 Å². The van der Waals surface area contributed by atoms with Crippen molar-refractivity contribution in [3.05, 3.63) is 24.9 Å². The average molecular weight is 161 g/mol. The van der Waals surface area contributed by atoms with Gasteiger partial charge in [0.05, 0.1) is 5.52 Å². The first-order valence-electron chi connectivity index (χ1n) is 4.04. The molecule has 3 heteroatoms. The van der Waals surface area contributed by atoms with Crippen molar-refractivity contribution in [3.8, 4) is 0 Å². The van der Waals surface area contributed by atoms with Crippen LogP contribution in [0.3, 0.4) is 0 Å². The van der Waals surface area contributed by atoms with E-state index in [1.54, 1.807) is 6.33 Å². The fraction of sp³-hybridized carbons (Fsp3) is 0.333. The third-order valence-electron chi connectivity index (χ3n) is 1.93. The molecule has 3 nitrogen and oxygen atoms in total. The minimum absolute atomic E-state index is 0.485. The van der Waals surface area contributed by atoms with Gasteiger partial charge >= 0.3 is 0 Å². The summed E-state index contributed by atoms with van der Waals surface area (Å²) < 4.78 is 2.14. The van der Waals surface area contributed by atoms with Crippen molar-refractivity contribution in [1.29, 1.82) is 0 Å². The van der Waals surface area contributed by atoms with Crippen molar-refractivity contribution in [2.75, 3.05) is 0 Å². The van der Waals surface area contributed by atoms with Crippen molar-refractivity contribution in [1.82, 2.24) is 14.5 Å². The lowest BCUT2D eigenvalue weighted by molar-refractivity contribution is 0.605. The van der Waals surface area contributed by atoms with Crippen LogP contribution in [0, 0.1) is 0 Å². The first kappa shape index (κ1) is 7.28. The molecule has 0 saturated heterocycles. The van der Waals surface area contributed by atoms with Gasteiger partial charge in [-0.1, -0.05) is 0 Å². The van der Waals surface area contributed by atoms with Crippen LogP contribution in [0.5, 0.6) is 0 Å². The Morgan fingerprint density at radius 3 is 2.83 bits per heavy atom. The molecule has 0 N–H and O–H groups in total. The van der Waals surface area contributed by atoms with Gasteiger partial charge in [-0.15, -0.1) is 0 Å². The summed E-state index contributed by atoms with van der Waals surface area (Å²) in [5, 5.41) is 1.10. The largest absolute Gasteiger partial charge is 0.349 e. The Bertz CT molecular complexity index is 356. The van der Waals surface area contributed by atoms with E-state index in [2.05, 4.69) is 34.6 Å². The van der Waals surface area contributed by atoms with Crippen LogP contribution >= 0.6 is 0 Å². The first-order valence-corrected chi connectivity index (χ1v) is 4.04. The van der Waals surface area contributed by atoms with E-state index in [4.69, 9.17) is 0 Å². The summed E-state index contributed by atoms with van der Waals surface area (Å²) in [5.74, 6) is 0. The zero-order chi connectivity index (χ0) is 8.55. The SMILES string of the molecule is CC(C)n1cc2cncnc2c1. The van der Waals surface area contributed by atoms with Gasteiger partial charge in [0.15, 0.2) is 0 Å². The molecule has 0 fully saturated rings. The molecule has 0 bridgehead atoms. The molecule has 0 saturated carbocycles. The van der Waals surface area contributed by atoms with Crippen molar-refractivity contribution < 1.29 is 0 Å². The van der Waals surface area contributed by atoms with E-state index in [0.29, 0.717) is 6.04 Å². The van der Waals surface area contributed by atoms with Crippen LogP contribution in [-0.4, -0.2) is 14.5 Å². The highest BCUT2D eigenvalue weighted by atomic mass is 15.0. The van der Waals surface area contributed by atoms with E-state index < -0.39 is 0 Å². The monoisotopic (exact) mass is 161 g/mol. The molecule has 2 aromatic heterocycles. The van der Waals surface area contributed by atoms with E-state index in [9.17, 15) is 0 Å². The van der Waals surface area contributed by atoms with Gasteiger partial charge in [-0.25, -0.2) is 9.97 Å². The molecular formula is C9H11N3. The minimum Gasteiger partial charge on any atom is -0.349 e. The van der Waals surface area contributed by atoms with Gasteiger partial charge in [-0.05, 0) is 13.8 Å². The van der Waals surface area contributed by atoms with E-state index in [1.807, 2.05) is 12.4 Å². The van der Waals surface area contributed by atoms with E-state index >= 15 is 0 Å². The predicted molar refractivity (Wildman–Crippen MR) is 47.9 cm³/mol. The normalized spacial score (nSPS) is 11.2. The molecule has 12 heavy (non-hydrogen) atoms.